The van der Waals surface area contributed by atoms with Crippen molar-refractivity contribution in [3.8, 4) is 0 Å². The Morgan fingerprint density at radius 3 is 2.20 bits per heavy atom. The zero-order valence-corrected chi connectivity index (χ0v) is 8.12. The second-order valence-electron chi connectivity index (χ2n) is 3.32. The van der Waals surface area contributed by atoms with Crippen LogP contribution in [0.2, 0.25) is 0 Å². The fourth-order valence-corrected chi connectivity index (χ4v) is 3.16. The molecule has 0 radical (unpaired) electrons. The van der Waals surface area contributed by atoms with Crippen molar-refractivity contribution < 1.29 is 0 Å². The summed E-state index contributed by atoms with van der Waals surface area (Å²) in [4.78, 5) is 2.51. The van der Waals surface area contributed by atoms with E-state index in [0.717, 1.165) is 5.92 Å². The molecule has 0 aromatic carbocycles. The summed E-state index contributed by atoms with van der Waals surface area (Å²) in [6, 6.07) is 0.447. The van der Waals surface area contributed by atoms with Gasteiger partial charge in [-0.05, 0) is 31.8 Å². The summed E-state index contributed by atoms with van der Waals surface area (Å²) < 4.78 is 0.616. The molecule has 10 heavy (non-hydrogen) atoms. The molecule has 2 N–H and O–H groups in total. The molecule has 2 nitrogen and oxygen atoms in total. The average Bonchev–Trinajstić information content (AvgIpc) is 2.00. The summed E-state index contributed by atoms with van der Waals surface area (Å²) in [5, 5.41) is 0. The van der Waals surface area contributed by atoms with Crippen LogP contribution >= 0.6 is 22.6 Å². The van der Waals surface area contributed by atoms with E-state index in [2.05, 4.69) is 27.5 Å². The third-order valence-electron chi connectivity index (χ3n) is 2.78. The largest absolute Gasteiger partial charge is 0.325 e. The van der Waals surface area contributed by atoms with E-state index in [4.69, 9.17) is 5.73 Å². The van der Waals surface area contributed by atoms with Crippen molar-refractivity contribution >= 4 is 22.6 Å². The Bertz CT molecular complexity index is 112. The summed E-state index contributed by atoms with van der Waals surface area (Å²) in [7, 11) is 0. The van der Waals surface area contributed by atoms with Crippen LogP contribution in [0.5, 0.6) is 0 Å². The number of hydrogen-bond donors (Lipinski definition) is 1. The Hall–Kier alpha value is 0.650. The molecular formula is C7H13IN2. The van der Waals surface area contributed by atoms with Gasteiger partial charge < -0.3 is 5.73 Å². The molecule has 3 rings (SSSR count). The van der Waals surface area contributed by atoms with Gasteiger partial charge in [-0.2, -0.15) is 0 Å². The molecule has 3 heteroatoms. The quantitative estimate of drug-likeness (QED) is 0.392. The van der Waals surface area contributed by atoms with Crippen LogP contribution in [0, 0.1) is 5.92 Å². The van der Waals surface area contributed by atoms with Crippen LogP contribution in [0.4, 0.5) is 0 Å². The van der Waals surface area contributed by atoms with E-state index in [0.29, 0.717) is 10.1 Å². The van der Waals surface area contributed by atoms with Crippen LogP contribution in [0.15, 0.2) is 0 Å². The first-order valence-electron chi connectivity index (χ1n) is 3.93. The van der Waals surface area contributed by atoms with Gasteiger partial charge >= 0.3 is 0 Å². The first-order valence-corrected chi connectivity index (χ1v) is 5.17. The van der Waals surface area contributed by atoms with Gasteiger partial charge in [0, 0.05) is 6.04 Å². The number of piperidine rings is 3. The van der Waals surface area contributed by atoms with Crippen molar-refractivity contribution in [3.63, 3.8) is 0 Å². The number of nitrogens with two attached hydrogens (primary N) is 1. The molecule has 0 aliphatic carbocycles. The molecule has 2 unspecified atom stereocenters. The lowest BCUT2D eigenvalue weighted by molar-refractivity contribution is 0.0797. The van der Waals surface area contributed by atoms with Crippen molar-refractivity contribution in [1.82, 2.24) is 4.90 Å². The first-order chi connectivity index (χ1) is 4.79. The summed E-state index contributed by atoms with van der Waals surface area (Å²) in [6.07, 6.45) is 2.67. The van der Waals surface area contributed by atoms with Gasteiger partial charge in [-0.15, -0.1) is 0 Å². The number of alkyl halides is 1. The molecule has 3 aliphatic heterocycles. The van der Waals surface area contributed by atoms with E-state index >= 15 is 0 Å². The van der Waals surface area contributed by atoms with Gasteiger partial charge in [0.15, 0.2) is 0 Å². The Morgan fingerprint density at radius 2 is 1.90 bits per heavy atom. The van der Waals surface area contributed by atoms with Crippen LogP contribution in [0.3, 0.4) is 0 Å². The zero-order valence-electron chi connectivity index (χ0n) is 5.96. The number of rotatable bonds is 0. The lowest BCUT2D eigenvalue weighted by Crippen LogP contribution is -2.58. The Kier molecular flexibility index (Phi) is 1.90. The standard InChI is InChI=1S/C7H13IN2/c8-7-6(9)5-1-3-10(7)4-2-5/h5-7H,1-4,9H2. The van der Waals surface area contributed by atoms with Gasteiger partial charge in [-0.3, -0.25) is 4.90 Å². The highest BCUT2D eigenvalue weighted by atomic mass is 127. The maximum atomic E-state index is 6.01. The van der Waals surface area contributed by atoms with E-state index in [1.54, 1.807) is 0 Å². The first kappa shape index (κ1) is 7.31. The van der Waals surface area contributed by atoms with Gasteiger partial charge in [0.05, 0.1) is 4.05 Å². The van der Waals surface area contributed by atoms with Crippen molar-refractivity contribution in [1.29, 1.82) is 0 Å². The average molecular weight is 252 g/mol. The van der Waals surface area contributed by atoms with E-state index in [1.165, 1.54) is 25.9 Å². The number of nitrogens with zero attached hydrogens (tertiary/aromatic N) is 1. The highest BCUT2D eigenvalue weighted by Gasteiger charge is 2.38. The second kappa shape index (κ2) is 2.60. The Balaban J connectivity index is 2.13. The smallest absolute Gasteiger partial charge is 0.0774 e. The predicted molar refractivity (Wildman–Crippen MR) is 50.1 cm³/mol. The maximum Gasteiger partial charge on any atom is 0.0774 e. The highest BCUT2D eigenvalue weighted by Crippen LogP contribution is 2.33. The summed E-state index contributed by atoms with van der Waals surface area (Å²) >= 11 is 2.48. The summed E-state index contributed by atoms with van der Waals surface area (Å²) in [6.45, 7) is 2.57. The highest BCUT2D eigenvalue weighted by molar-refractivity contribution is 14.1. The van der Waals surface area contributed by atoms with Crippen LogP contribution in [0.1, 0.15) is 12.8 Å². The maximum absolute atomic E-state index is 6.01. The van der Waals surface area contributed by atoms with Gasteiger partial charge in [-0.25, -0.2) is 0 Å². The van der Waals surface area contributed by atoms with E-state index in [1.807, 2.05) is 0 Å². The molecule has 0 amide bonds. The normalized spacial score (nSPS) is 53.4. The third-order valence-corrected chi connectivity index (χ3v) is 4.40. The Morgan fingerprint density at radius 1 is 1.30 bits per heavy atom. The van der Waals surface area contributed by atoms with E-state index in [-0.39, 0.29) is 0 Å². The molecular weight excluding hydrogens is 239 g/mol. The molecule has 3 aliphatic rings. The van der Waals surface area contributed by atoms with E-state index < -0.39 is 0 Å². The molecule has 2 bridgehead atoms. The minimum absolute atomic E-state index is 0.447. The topological polar surface area (TPSA) is 29.3 Å². The minimum Gasteiger partial charge on any atom is -0.325 e. The minimum atomic E-state index is 0.447. The molecule has 0 aromatic rings. The fraction of sp³-hybridized carbons (Fsp3) is 1.00. The molecule has 0 saturated carbocycles. The van der Waals surface area contributed by atoms with Gasteiger partial charge in [0.2, 0.25) is 0 Å². The summed E-state index contributed by atoms with van der Waals surface area (Å²) in [5.74, 6) is 0.826. The lowest BCUT2D eigenvalue weighted by atomic mass is 9.85. The molecule has 3 heterocycles. The van der Waals surface area contributed by atoms with Crippen molar-refractivity contribution in [2.45, 2.75) is 22.9 Å². The molecule has 58 valence electrons. The van der Waals surface area contributed by atoms with Gasteiger partial charge in [-0.1, -0.05) is 22.6 Å². The fourth-order valence-electron chi connectivity index (χ4n) is 2.02. The number of hydrogen-bond acceptors (Lipinski definition) is 2. The van der Waals surface area contributed by atoms with Crippen molar-refractivity contribution in [3.05, 3.63) is 0 Å². The SMILES string of the molecule is NC1C2CCN(CC2)C1I. The van der Waals surface area contributed by atoms with Crippen LogP contribution in [0.25, 0.3) is 0 Å². The van der Waals surface area contributed by atoms with Crippen molar-refractivity contribution in [2.75, 3.05) is 13.1 Å². The predicted octanol–water partition coefficient (Wildman–Crippen LogP) is 0.800. The van der Waals surface area contributed by atoms with Crippen molar-refractivity contribution in [2.24, 2.45) is 11.7 Å². The van der Waals surface area contributed by atoms with Crippen LogP contribution < -0.4 is 5.73 Å². The van der Waals surface area contributed by atoms with Crippen LogP contribution in [-0.4, -0.2) is 28.1 Å². The number of halogens is 1. The lowest BCUT2D eigenvalue weighted by Gasteiger charge is -2.47. The van der Waals surface area contributed by atoms with Gasteiger partial charge in [0.25, 0.3) is 0 Å². The monoisotopic (exact) mass is 252 g/mol. The van der Waals surface area contributed by atoms with Crippen LogP contribution in [-0.2, 0) is 0 Å². The summed E-state index contributed by atoms with van der Waals surface area (Å²) in [5.41, 5.74) is 6.01. The molecule has 3 saturated heterocycles. The molecule has 0 spiro atoms. The third kappa shape index (κ3) is 0.987. The Labute approximate surface area is 75.3 Å². The zero-order chi connectivity index (χ0) is 7.14. The molecule has 3 fully saturated rings. The molecule has 0 aromatic heterocycles. The van der Waals surface area contributed by atoms with E-state index in [9.17, 15) is 0 Å². The van der Waals surface area contributed by atoms with Gasteiger partial charge in [0.1, 0.15) is 0 Å². The molecule has 2 atom stereocenters. The second-order valence-corrected chi connectivity index (χ2v) is 4.60. The number of fused-ring (bicyclic) bond motifs is 3.